The van der Waals surface area contributed by atoms with Crippen molar-refractivity contribution in [2.75, 3.05) is 0 Å². The second kappa shape index (κ2) is 5.96. The van der Waals surface area contributed by atoms with Gasteiger partial charge in [0, 0.05) is 17.1 Å². The van der Waals surface area contributed by atoms with Crippen molar-refractivity contribution in [3.05, 3.63) is 0 Å². The number of hydrogen-bond acceptors (Lipinski definition) is 4. The molecule has 0 aromatic heterocycles. The molecule has 0 aliphatic heterocycles. The van der Waals surface area contributed by atoms with Crippen molar-refractivity contribution < 1.29 is 36.3 Å². The van der Waals surface area contributed by atoms with Crippen LogP contribution in [0.25, 0.3) is 0 Å². The maximum absolute atomic E-state index is 7.33. The molecular formula is H6CaCuO4Si. The first-order valence-electron chi connectivity index (χ1n) is 0.894. The van der Waals surface area contributed by atoms with Gasteiger partial charge in [-0.3, -0.25) is 0 Å². The zero-order valence-electron chi connectivity index (χ0n) is 2.59. The molecule has 47 valence electrons. The van der Waals surface area contributed by atoms with Crippen molar-refractivity contribution >= 4 is 46.8 Å². The first-order chi connectivity index (χ1) is 2.00. The molecule has 0 unspecified atom stereocenters. The van der Waals surface area contributed by atoms with Crippen LogP contribution in [0, 0.1) is 0 Å². The Balaban J connectivity index is -0.0000000800. The Hall–Kier alpha value is 1.84. The predicted octanol–water partition coefficient (Wildman–Crippen LogP) is -3.53. The molecule has 0 aromatic carbocycles. The van der Waals surface area contributed by atoms with E-state index in [1.54, 1.807) is 0 Å². The first kappa shape index (κ1) is 15.9. The van der Waals surface area contributed by atoms with Gasteiger partial charge in [-0.05, 0) is 0 Å². The fourth-order valence-electron chi connectivity index (χ4n) is 0. The van der Waals surface area contributed by atoms with Crippen LogP contribution in [0.2, 0.25) is 0 Å². The average molecular weight is 202 g/mol. The zero-order valence-corrected chi connectivity index (χ0v) is 4.53. The zero-order chi connectivity index (χ0) is 4.50. The largest absolute Gasteiger partial charge is 0 e. The standard InChI is InChI=1S/Ca.Cu.H4O4Si.2H/c;;1-5(2,3)4;;/h;;1-4H;;. The van der Waals surface area contributed by atoms with E-state index in [-0.39, 0.29) is 54.8 Å². The minimum absolute atomic E-state index is 0. The molecule has 0 aromatic rings. The summed E-state index contributed by atoms with van der Waals surface area (Å²) in [6.07, 6.45) is 0. The normalized spacial score (nSPS) is 8.57. The topological polar surface area (TPSA) is 80.9 Å². The van der Waals surface area contributed by atoms with E-state index in [0.29, 0.717) is 0 Å². The molecule has 1 radical (unpaired) electrons. The quantitative estimate of drug-likeness (QED) is 0.307. The van der Waals surface area contributed by atoms with E-state index in [1.165, 1.54) is 0 Å². The van der Waals surface area contributed by atoms with Crippen LogP contribution in [-0.4, -0.2) is 66.0 Å². The van der Waals surface area contributed by atoms with Crippen molar-refractivity contribution in [1.29, 1.82) is 0 Å². The molecule has 4 nitrogen and oxygen atoms in total. The van der Waals surface area contributed by atoms with Gasteiger partial charge in [0.2, 0.25) is 0 Å². The van der Waals surface area contributed by atoms with Gasteiger partial charge in [-0.2, -0.15) is 0 Å². The predicted molar refractivity (Wildman–Crippen MR) is 23.2 cm³/mol. The van der Waals surface area contributed by atoms with Gasteiger partial charge < -0.3 is 19.2 Å². The Bertz CT molecular complexity index is 27.2. The minimum Gasteiger partial charge on any atom is 0 e. The Morgan fingerprint density at radius 1 is 0.857 bits per heavy atom. The summed E-state index contributed by atoms with van der Waals surface area (Å²) in [6, 6.07) is 0. The second-order valence-electron chi connectivity index (χ2n) is 0.600. The van der Waals surface area contributed by atoms with E-state index < -0.39 is 9.05 Å². The molecule has 0 fully saturated rings. The summed E-state index contributed by atoms with van der Waals surface area (Å²) in [6.45, 7) is 0. The summed E-state index contributed by atoms with van der Waals surface area (Å²) in [5.41, 5.74) is 0. The van der Waals surface area contributed by atoms with Crippen LogP contribution in [0.4, 0.5) is 0 Å². The van der Waals surface area contributed by atoms with Gasteiger partial charge in [-0.1, -0.05) is 0 Å². The molecule has 0 rings (SSSR count). The molecule has 0 aliphatic rings. The number of hydrogen-bond donors (Lipinski definition) is 4. The third kappa shape index (κ3) is 79.2. The molecule has 0 spiro atoms. The van der Waals surface area contributed by atoms with Crippen molar-refractivity contribution in [2.45, 2.75) is 0 Å². The van der Waals surface area contributed by atoms with Crippen LogP contribution in [0.3, 0.4) is 0 Å². The van der Waals surface area contributed by atoms with Gasteiger partial charge in [0.05, 0.1) is 0 Å². The molecule has 0 amide bonds. The van der Waals surface area contributed by atoms with Crippen LogP contribution < -0.4 is 0 Å². The average Bonchev–Trinajstić information content (AvgIpc) is 0.722. The maximum atomic E-state index is 7.33. The third-order valence-corrected chi connectivity index (χ3v) is 0. The van der Waals surface area contributed by atoms with Gasteiger partial charge in [0.15, 0.2) is 0 Å². The fraction of sp³-hybridized carbons (Fsp3) is 0. The van der Waals surface area contributed by atoms with Crippen molar-refractivity contribution in [3.63, 3.8) is 0 Å². The molecule has 0 aliphatic carbocycles. The summed E-state index contributed by atoms with van der Waals surface area (Å²) >= 11 is 0. The van der Waals surface area contributed by atoms with Gasteiger partial charge in [-0.25, -0.2) is 0 Å². The van der Waals surface area contributed by atoms with E-state index in [4.69, 9.17) is 19.2 Å². The fourth-order valence-corrected chi connectivity index (χ4v) is 0. The Morgan fingerprint density at radius 2 is 0.857 bits per heavy atom. The molecule has 0 bridgehead atoms. The first-order valence-corrected chi connectivity index (χ1v) is 2.68. The molecular weight excluding hydrogens is 196 g/mol. The van der Waals surface area contributed by atoms with Crippen LogP contribution in [0.5, 0.6) is 0 Å². The van der Waals surface area contributed by atoms with Gasteiger partial charge in [-0.15, -0.1) is 0 Å². The van der Waals surface area contributed by atoms with Crippen molar-refractivity contribution in [1.82, 2.24) is 0 Å². The molecule has 0 saturated heterocycles. The molecule has 0 atom stereocenters. The summed E-state index contributed by atoms with van der Waals surface area (Å²) in [5, 5.41) is 0. The summed E-state index contributed by atoms with van der Waals surface area (Å²) in [4.78, 5) is 29.3. The molecule has 0 heterocycles. The smallest absolute Gasteiger partial charge is 0 e. The monoisotopic (exact) mass is 201 g/mol. The maximum Gasteiger partial charge on any atom is 0 e. The molecule has 4 N–H and O–H groups in total. The van der Waals surface area contributed by atoms with Crippen LogP contribution in [-0.2, 0) is 17.1 Å². The van der Waals surface area contributed by atoms with E-state index in [0.717, 1.165) is 0 Å². The van der Waals surface area contributed by atoms with E-state index >= 15 is 0 Å². The van der Waals surface area contributed by atoms with E-state index in [9.17, 15) is 0 Å². The van der Waals surface area contributed by atoms with E-state index in [2.05, 4.69) is 0 Å². The molecule has 7 heteroatoms. The van der Waals surface area contributed by atoms with Crippen molar-refractivity contribution in [3.8, 4) is 0 Å². The summed E-state index contributed by atoms with van der Waals surface area (Å²) < 4.78 is 0. The minimum atomic E-state index is -4.61. The summed E-state index contributed by atoms with van der Waals surface area (Å²) in [5.74, 6) is 0. The molecule has 0 saturated carbocycles. The van der Waals surface area contributed by atoms with Gasteiger partial charge in [0.25, 0.3) is 0 Å². The second-order valence-corrected chi connectivity index (χ2v) is 1.80. The van der Waals surface area contributed by atoms with Crippen LogP contribution in [0.1, 0.15) is 0 Å². The van der Waals surface area contributed by atoms with Crippen LogP contribution in [0.15, 0.2) is 0 Å². The summed E-state index contributed by atoms with van der Waals surface area (Å²) in [7, 11) is -4.61. The van der Waals surface area contributed by atoms with Gasteiger partial charge in [0.1, 0.15) is 0 Å². The molecule has 7 heavy (non-hydrogen) atoms. The van der Waals surface area contributed by atoms with E-state index in [1.807, 2.05) is 0 Å². The number of rotatable bonds is 0. The Kier molecular flexibility index (Phi) is 13.6. The van der Waals surface area contributed by atoms with Crippen LogP contribution >= 0.6 is 0 Å². The Morgan fingerprint density at radius 3 is 0.857 bits per heavy atom. The third-order valence-electron chi connectivity index (χ3n) is 0. The SMILES string of the molecule is O[Si](O)(O)O.[CaH2].[Cu]. The van der Waals surface area contributed by atoms with Gasteiger partial charge >= 0.3 is 46.8 Å². The van der Waals surface area contributed by atoms with Crippen molar-refractivity contribution in [2.24, 2.45) is 0 Å². The Labute approximate surface area is 82.1 Å².